The number of aromatic amines is 1. The largest absolute Gasteiger partial charge is 0.307 e. The highest BCUT2D eigenvalue weighted by molar-refractivity contribution is 5.98. The van der Waals surface area contributed by atoms with Gasteiger partial charge in [0.05, 0.1) is 6.04 Å². The molecule has 2 rings (SSSR count). The fourth-order valence-electron chi connectivity index (χ4n) is 1.66. The highest BCUT2D eigenvalue weighted by atomic mass is 16.1. The number of hydrogen-bond donors (Lipinski definition) is 2. The van der Waals surface area contributed by atoms with Crippen LogP contribution in [0.25, 0.3) is 0 Å². The molecule has 1 unspecified atom stereocenters. The van der Waals surface area contributed by atoms with Gasteiger partial charge in [-0.25, -0.2) is 0 Å². The Labute approximate surface area is 76.7 Å². The van der Waals surface area contributed by atoms with Crippen LogP contribution in [-0.4, -0.2) is 28.6 Å². The lowest BCUT2D eigenvalue weighted by molar-refractivity contribution is 0.0922. The molecule has 70 valence electrons. The summed E-state index contributed by atoms with van der Waals surface area (Å²) in [6, 6.07) is 1.72. The third kappa shape index (κ3) is 1.78. The monoisotopic (exact) mass is 179 g/mol. The molecule has 1 saturated heterocycles. The van der Waals surface area contributed by atoms with Gasteiger partial charge in [-0.2, -0.15) is 5.10 Å². The maximum atomic E-state index is 11.7. The first kappa shape index (κ1) is 8.44. The fourth-order valence-corrected chi connectivity index (χ4v) is 1.66. The number of H-pyrrole nitrogens is 1. The zero-order valence-corrected chi connectivity index (χ0v) is 7.42. The highest BCUT2D eigenvalue weighted by Crippen LogP contribution is 2.10. The number of Topliss-reactive ketones (excluding diaryl/α,β-unsaturated/α-hetero) is 1. The molecule has 1 aromatic heterocycles. The Kier molecular flexibility index (Phi) is 2.40. The predicted molar refractivity (Wildman–Crippen MR) is 48.6 cm³/mol. The lowest BCUT2D eigenvalue weighted by Crippen LogP contribution is -2.40. The molecule has 4 nitrogen and oxygen atoms in total. The van der Waals surface area contributed by atoms with E-state index >= 15 is 0 Å². The first-order valence-electron chi connectivity index (χ1n) is 4.65. The number of hydrogen-bond acceptors (Lipinski definition) is 3. The van der Waals surface area contributed by atoms with Crippen LogP contribution in [0.2, 0.25) is 0 Å². The van der Waals surface area contributed by atoms with Crippen molar-refractivity contribution in [2.45, 2.75) is 25.3 Å². The Balaban J connectivity index is 2.04. The third-order valence-electron chi connectivity index (χ3n) is 2.39. The van der Waals surface area contributed by atoms with Gasteiger partial charge in [0.25, 0.3) is 0 Å². The molecule has 1 aliphatic rings. The van der Waals surface area contributed by atoms with Crippen molar-refractivity contribution in [1.29, 1.82) is 0 Å². The van der Waals surface area contributed by atoms with Crippen LogP contribution in [0.5, 0.6) is 0 Å². The maximum Gasteiger partial charge on any atom is 0.197 e. The fraction of sp³-hybridized carbons (Fsp3) is 0.556. The summed E-state index contributed by atoms with van der Waals surface area (Å²) in [6.45, 7) is 0.949. The molecular weight excluding hydrogens is 166 g/mol. The van der Waals surface area contributed by atoms with Crippen LogP contribution in [0.3, 0.4) is 0 Å². The van der Waals surface area contributed by atoms with Gasteiger partial charge in [0, 0.05) is 6.20 Å². The van der Waals surface area contributed by atoms with E-state index in [1.54, 1.807) is 12.3 Å². The molecule has 0 radical (unpaired) electrons. The zero-order chi connectivity index (χ0) is 9.10. The summed E-state index contributed by atoms with van der Waals surface area (Å²) in [6.07, 6.45) is 4.86. The van der Waals surface area contributed by atoms with Crippen molar-refractivity contribution < 1.29 is 4.79 Å². The molecule has 0 saturated carbocycles. The van der Waals surface area contributed by atoms with Crippen molar-refractivity contribution in [2.24, 2.45) is 0 Å². The lowest BCUT2D eigenvalue weighted by Gasteiger charge is -2.21. The van der Waals surface area contributed by atoms with Gasteiger partial charge in [0.2, 0.25) is 0 Å². The van der Waals surface area contributed by atoms with Gasteiger partial charge in [-0.3, -0.25) is 9.89 Å². The van der Waals surface area contributed by atoms with E-state index in [0.717, 1.165) is 19.4 Å². The first-order valence-corrected chi connectivity index (χ1v) is 4.65. The molecular formula is C9H13N3O. The minimum atomic E-state index is -0.00537. The molecule has 0 bridgehead atoms. The molecule has 4 heteroatoms. The minimum absolute atomic E-state index is 0.00537. The first-order chi connectivity index (χ1) is 6.38. The maximum absolute atomic E-state index is 11.7. The van der Waals surface area contributed by atoms with E-state index in [2.05, 4.69) is 15.5 Å². The van der Waals surface area contributed by atoms with E-state index in [0.29, 0.717) is 5.69 Å². The summed E-state index contributed by atoms with van der Waals surface area (Å²) in [4.78, 5) is 11.7. The van der Waals surface area contributed by atoms with Gasteiger partial charge in [0.15, 0.2) is 5.78 Å². The van der Waals surface area contributed by atoms with Crippen LogP contribution in [0.15, 0.2) is 12.3 Å². The molecule has 13 heavy (non-hydrogen) atoms. The minimum Gasteiger partial charge on any atom is -0.307 e. The standard InChI is InChI=1S/C9H13N3O/c13-9(8-4-6-11-12-8)7-3-1-2-5-10-7/h4,6-7,10H,1-3,5H2,(H,11,12). The Bertz CT molecular complexity index is 275. The number of carbonyl (C=O) groups is 1. The second-order valence-corrected chi connectivity index (χ2v) is 3.34. The van der Waals surface area contributed by atoms with E-state index < -0.39 is 0 Å². The van der Waals surface area contributed by atoms with Crippen LogP contribution in [0.1, 0.15) is 29.8 Å². The average Bonchev–Trinajstić information content (AvgIpc) is 2.71. The number of ketones is 1. The smallest absolute Gasteiger partial charge is 0.197 e. The van der Waals surface area contributed by atoms with Crippen molar-refractivity contribution in [2.75, 3.05) is 6.54 Å². The number of nitrogens with one attached hydrogen (secondary N) is 2. The number of rotatable bonds is 2. The lowest BCUT2D eigenvalue weighted by atomic mass is 9.99. The Morgan fingerprint density at radius 2 is 2.46 bits per heavy atom. The average molecular weight is 179 g/mol. The number of aromatic nitrogens is 2. The predicted octanol–water partition coefficient (Wildman–Crippen LogP) is 0.734. The Morgan fingerprint density at radius 3 is 3.08 bits per heavy atom. The van der Waals surface area contributed by atoms with Crippen molar-refractivity contribution >= 4 is 5.78 Å². The molecule has 2 N–H and O–H groups in total. The molecule has 1 fully saturated rings. The van der Waals surface area contributed by atoms with Gasteiger partial charge in [-0.1, -0.05) is 6.42 Å². The molecule has 1 aromatic rings. The van der Waals surface area contributed by atoms with Gasteiger partial charge in [-0.05, 0) is 25.5 Å². The van der Waals surface area contributed by atoms with Gasteiger partial charge in [0.1, 0.15) is 5.69 Å². The summed E-state index contributed by atoms with van der Waals surface area (Å²) in [7, 11) is 0. The van der Waals surface area contributed by atoms with Crippen molar-refractivity contribution in [1.82, 2.24) is 15.5 Å². The number of piperidine rings is 1. The number of nitrogens with zero attached hydrogens (tertiary/aromatic N) is 1. The van der Waals surface area contributed by atoms with E-state index in [1.165, 1.54) is 6.42 Å². The third-order valence-corrected chi connectivity index (χ3v) is 2.39. The van der Waals surface area contributed by atoms with Gasteiger partial charge < -0.3 is 5.32 Å². The molecule has 0 spiro atoms. The molecule has 1 aliphatic heterocycles. The van der Waals surface area contributed by atoms with Crippen LogP contribution in [0.4, 0.5) is 0 Å². The topological polar surface area (TPSA) is 57.8 Å². The summed E-state index contributed by atoms with van der Waals surface area (Å²) in [5.74, 6) is 0.136. The molecule has 1 atom stereocenters. The van der Waals surface area contributed by atoms with Crippen molar-refractivity contribution in [3.63, 3.8) is 0 Å². The van der Waals surface area contributed by atoms with Crippen LogP contribution < -0.4 is 5.32 Å². The number of carbonyl (C=O) groups excluding carboxylic acids is 1. The quantitative estimate of drug-likeness (QED) is 0.658. The Hall–Kier alpha value is -1.16. The zero-order valence-electron chi connectivity index (χ0n) is 7.42. The van der Waals surface area contributed by atoms with Crippen LogP contribution in [0, 0.1) is 0 Å². The SMILES string of the molecule is O=C(c1ccn[nH]1)C1CCCCN1. The van der Waals surface area contributed by atoms with Crippen molar-refractivity contribution in [3.8, 4) is 0 Å². The van der Waals surface area contributed by atoms with Crippen LogP contribution in [-0.2, 0) is 0 Å². The molecule has 2 heterocycles. The van der Waals surface area contributed by atoms with E-state index in [9.17, 15) is 4.79 Å². The normalized spacial score (nSPS) is 22.9. The highest BCUT2D eigenvalue weighted by Gasteiger charge is 2.22. The molecule has 0 amide bonds. The molecule has 0 aliphatic carbocycles. The van der Waals surface area contributed by atoms with Gasteiger partial charge in [-0.15, -0.1) is 0 Å². The van der Waals surface area contributed by atoms with Crippen LogP contribution >= 0.6 is 0 Å². The summed E-state index contributed by atoms with van der Waals surface area (Å²) in [5.41, 5.74) is 0.611. The Morgan fingerprint density at radius 1 is 1.54 bits per heavy atom. The summed E-state index contributed by atoms with van der Waals surface area (Å²) >= 11 is 0. The second-order valence-electron chi connectivity index (χ2n) is 3.34. The van der Waals surface area contributed by atoms with Gasteiger partial charge >= 0.3 is 0 Å². The summed E-state index contributed by atoms with van der Waals surface area (Å²) in [5, 5.41) is 9.67. The van der Waals surface area contributed by atoms with Crippen molar-refractivity contribution in [3.05, 3.63) is 18.0 Å². The molecule has 0 aromatic carbocycles. The summed E-state index contributed by atoms with van der Waals surface area (Å²) < 4.78 is 0. The second kappa shape index (κ2) is 3.70. The van der Waals surface area contributed by atoms with E-state index in [1.807, 2.05) is 0 Å². The van der Waals surface area contributed by atoms with E-state index in [-0.39, 0.29) is 11.8 Å². The van der Waals surface area contributed by atoms with E-state index in [4.69, 9.17) is 0 Å².